The van der Waals surface area contributed by atoms with Gasteiger partial charge in [0.15, 0.2) is 0 Å². The second-order valence-electron chi connectivity index (χ2n) is 19.2. The Morgan fingerprint density at radius 3 is 1.34 bits per heavy atom. The van der Waals surface area contributed by atoms with E-state index in [1.165, 1.54) is 148 Å². The number of hydrogen-bond donors (Lipinski definition) is 0. The fourth-order valence-corrected chi connectivity index (χ4v) is 8.14. The lowest BCUT2D eigenvalue weighted by Crippen LogP contribution is -2.37. The van der Waals surface area contributed by atoms with E-state index in [-0.39, 0.29) is 25.8 Å². The summed E-state index contributed by atoms with van der Waals surface area (Å²) in [7, 11) is 1.35. The van der Waals surface area contributed by atoms with Gasteiger partial charge in [0, 0.05) is 13.0 Å². The predicted molar refractivity (Wildman–Crippen MR) is 277 cm³/mol. The van der Waals surface area contributed by atoms with Crippen LogP contribution in [0.15, 0.2) is 60.8 Å². The van der Waals surface area contributed by atoms with Crippen molar-refractivity contribution in [3.63, 3.8) is 0 Å². The Labute approximate surface area is 402 Å². The Morgan fingerprint density at radius 2 is 0.892 bits per heavy atom. The average molecular weight is 934 g/mol. The van der Waals surface area contributed by atoms with Gasteiger partial charge in [0.1, 0.15) is 19.3 Å². The number of allylic oxidation sites excluding steroid dienone is 10. The van der Waals surface area contributed by atoms with Gasteiger partial charge in [-0.15, -0.1) is 0 Å². The Bertz CT molecular complexity index is 1220. The molecule has 0 bridgehead atoms. The van der Waals surface area contributed by atoms with Crippen LogP contribution in [0, 0.1) is 0 Å². The first-order chi connectivity index (χ1) is 31.6. The fraction of sp³-hybridized carbons (Fsp3) is 0.804. The first kappa shape index (κ1) is 63.2. The topological polar surface area (TPSA) is 94.1 Å². The Morgan fingerprint density at radius 1 is 0.492 bits per heavy atom. The van der Waals surface area contributed by atoms with E-state index in [4.69, 9.17) is 18.5 Å². The Hall–Kier alpha value is -1.80. The number of phosphoric ester groups is 1. The summed E-state index contributed by atoms with van der Waals surface area (Å²) in [6.45, 7) is 5.30. The number of quaternary nitrogens is 1. The normalized spacial score (nSPS) is 14.0. The molecule has 0 heterocycles. The number of hydrogen-bond acceptors (Lipinski definition) is 7. The number of esters is 1. The number of carbonyl (C=O) groups is 1. The van der Waals surface area contributed by atoms with Gasteiger partial charge in [0.25, 0.3) is 7.82 Å². The molecule has 2 unspecified atom stereocenters. The molecular formula is C56H104NO7P. The van der Waals surface area contributed by atoms with Crippen LogP contribution in [0.25, 0.3) is 0 Å². The molecule has 0 rings (SSSR count). The highest BCUT2D eigenvalue weighted by atomic mass is 31.2. The minimum absolute atomic E-state index is 0.0228. The van der Waals surface area contributed by atoms with Crippen molar-refractivity contribution in [2.45, 2.75) is 238 Å². The molecule has 0 saturated heterocycles. The average Bonchev–Trinajstić information content (AvgIpc) is 3.27. The van der Waals surface area contributed by atoms with Crippen molar-refractivity contribution in [2.24, 2.45) is 0 Å². The summed E-state index contributed by atoms with van der Waals surface area (Å²) in [5, 5.41) is 0. The van der Waals surface area contributed by atoms with E-state index in [2.05, 4.69) is 74.6 Å². The lowest BCUT2D eigenvalue weighted by molar-refractivity contribution is -0.870. The predicted octanol–water partition coefficient (Wildman–Crippen LogP) is 16.2. The Kier molecular flexibility index (Phi) is 47.3. The summed E-state index contributed by atoms with van der Waals surface area (Å²) < 4.78 is 34.8. The van der Waals surface area contributed by atoms with Crippen molar-refractivity contribution in [1.82, 2.24) is 0 Å². The van der Waals surface area contributed by atoms with Crippen LogP contribution in [0.2, 0.25) is 0 Å². The third-order valence-corrected chi connectivity index (χ3v) is 12.5. The molecule has 0 spiro atoms. The van der Waals surface area contributed by atoms with Crippen LogP contribution in [0.3, 0.4) is 0 Å². The fourth-order valence-electron chi connectivity index (χ4n) is 7.42. The quantitative estimate of drug-likeness (QED) is 0.0197. The molecule has 0 amide bonds. The van der Waals surface area contributed by atoms with Crippen LogP contribution in [0.1, 0.15) is 232 Å². The molecule has 0 N–H and O–H groups in total. The highest BCUT2D eigenvalue weighted by molar-refractivity contribution is 7.45. The van der Waals surface area contributed by atoms with E-state index in [1.807, 2.05) is 21.1 Å². The lowest BCUT2D eigenvalue weighted by Gasteiger charge is -2.28. The molecule has 0 aliphatic heterocycles. The zero-order valence-electron chi connectivity index (χ0n) is 43.2. The summed E-state index contributed by atoms with van der Waals surface area (Å²) in [5.74, 6) is -0.337. The largest absolute Gasteiger partial charge is 0.756 e. The van der Waals surface area contributed by atoms with Gasteiger partial charge in [-0.1, -0.05) is 209 Å². The molecule has 0 aliphatic carbocycles. The van der Waals surface area contributed by atoms with Gasteiger partial charge in [-0.05, 0) is 77.0 Å². The Balaban J connectivity index is 4.10. The number of unbranched alkanes of at least 4 members (excludes halogenated alkanes) is 26. The minimum Gasteiger partial charge on any atom is -0.756 e. The van der Waals surface area contributed by atoms with Crippen LogP contribution in [0.5, 0.6) is 0 Å². The summed E-state index contributed by atoms with van der Waals surface area (Å²) in [6.07, 6.45) is 62.5. The molecule has 380 valence electrons. The van der Waals surface area contributed by atoms with Crippen molar-refractivity contribution in [3.05, 3.63) is 60.8 Å². The van der Waals surface area contributed by atoms with Crippen molar-refractivity contribution in [3.8, 4) is 0 Å². The van der Waals surface area contributed by atoms with Crippen LogP contribution in [-0.4, -0.2) is 70.7 Å². The zero-order chi connectivity index (χ0) is 47.6. The van der Waals surface area contributed by atoms with Gasteiger partial charge in [0.05, 0.1) is 34.4 Å². The van der Waals surface area contributed by atoms with Crippen molar-refractivity contribution < 1.29 is 37.3 Å². The van der Waals surface area contributed by atoms with Crippen molar-refractivity contribution in [1.29, 1.82) is 0 Å². The molecule has 2 atom stereocenters. The van der Waals surface area contributed by atoms with Crippen LogP contribution < -0.4 is 4.89 Å². The summed E-state index contributed by atoms with van der Waals surface area (Å²) >= 11 is 0. The lowest BCUT2D eigenvalue weighted by atomic mass is 10.0. The van der Waals surface area contributed by atoms with E-state index in [9.17, 15) is 14.3 Å². The van der Waals surface area contributed by atoms with E-state index in [0.717, 1.165) is 64.2 Å². The molecule has 8 nitrogen and oxygen atoms in total. The molecule has 0 aromatic rings. The number of carbonyl (C=O) groups excluding carboxylic acids is 1. The van der Waals surface area contributed by atoms with E-state index in [0.29, 0.717) is 24.1 Å². The van der Waals surface area contributed by atoms with Crippen LogP contribution in [-0.2, 0) is 27.9 Å². The number of ether oxygens (including phenoxy) is 2. The molecule has 65 heavy (non-hydrogen) atoms. The van der Waals surface area contributed by atoms with Crippen LogP contribution in [0.4, 0.5) is 0 Å². The first-order valence-electron chi connectivity index (χ1n) is 27.0. The van der Waals surface area contributed by atoms with Crippen molar-refractivity contribution in [2.75, 3.05) is 54.1 Å². The molecular weight excluding hydrogens is 830 g/mol. The van der Waals surface area contributed by atoms with Gasteiger partial charge in [-0.2, -0.15) is 0 Å². The smallest absolute Gasteiger partial charge is 0.306 e. The standard InChI is InChI=1S/C56H104NO7P/c1-6-8-10-12-14-16-18-20-22-24-26-27-28-29-30-31-32-33-35-37-39-41-43-45-47-49-56(58)64-55(54-63-65(59,60)62-52-50-57(3,4)5)53-61-51-48-46-44-42-40-38-36-34-25-23-21-19-17-15-13-11-9-7-2/h9,11,15,17-18,20-21,23-24,26,55H,6-8,10,12-14,16,19,22,25,27-54H2,1-5H3/b11-9-,17-15-,20-18-,23-21-,26-24-. The number of rotatable bonds is 50. The second kappa shape index (κ2) is 48.6. The van der Waals surface area contributed by atoms with Gasteiger partial charge >= 0.3 is 5.97 Å². The van der Waals surface area contributed by atoms with Gasteiger partial charge < -0.3 is 27.9 Å². The molecule has 9 heteroatoms. The molecule has 0 aromatic carbocycles. The molecule has 0 radical (unpaired) electrons. The van der Waals surface area contributed by atoms with Crippen molar-refractivity contribution >= 4 is 13.8 Å². The van der Waals surface area contributed by atoms with Gasteiger partial charge in [0.2, 0.25) is 0 Å². The summed E-state index contributed by atoms with van der Waals surface area (Å²) in [4.78, 5) is 25.2. The molecule has 0 aliphatic rings. The zero-order valence-corrected chi connectivity index (χ0v) is 44.1. The maximum Gasteiger partial charge on any atom is 0.306 e. The second-order valence-corrected chi connectivity index (χ2v) is 20.6. The van der Waals surface area contributed by atoms with E-state index >= 15 is 0 Å². The third kappa shape index (κ3) is 53.0. The molecule has 0 fully saturated rings. The number of likely N-dealkylation sites (N-methyl/N-ethyl adjacent to an activating group) is 1. The highest BCUT2D eigenvalue weighted by Gasteiger charge is 2.20. The molecule has 0 aromatic heterocycles. The first-order valence-corrected chi connectivity index (χ1v) is 28.5. The maximum atomic E-state index is 12.8. The van der Waals surface area contributed by atoms with E-state index in [1.54, 1.807) is 0 Å². The SMILES string of the molecule is CC/C=C\C/C=C\C/C=C\CCCCCCCCCCOCC(COP(=O)([O-])OCC[N+](C)(C)C)OC(=O)CCCCCCCCCCCCCCC/C=C\C/C=C\CCCCCCC. The number of phosphoric acid groups is 1. The van der Waals surface area contributed by atoms with E-state index < -0.39 is 13.9 Å². The molecule has 0 saturated carbocycles. The highest BCUT2D eigenvalue weighted by Crippen LogP contribution is 2.38. The van der Waals surface area contributed by atoms with Gasteiger partial charge in [-0.3, -0.25) is 9.36 Å². The monoisotopic (exact) mass is 934 g/mol. The van der Waals surface area contributed by atoms with Crippen LogP contribution >= 0.6 is 7.82 Å². The third-order valence-electron chi connectivity index (χ3n) is 11.6. The number of nitrogens with zero attached hydrogens (tertiary/aromatic N) is 1. The van der Waals surface area contributed by atoms with Gasteiger partial charge in [-0.25, -0.2) is 0 Å². The minimum atomic E-state index is -4.54. The maximum absolute atomic E-state index is 12.8. The summed E-state index contributed by atoms with van der Waals surface area (Å²) in [5.41, 5.74) is 0. The summed E-state index contributed by atoms with van der Waals surface area (Å²) in [6, 6.07) is 0.